The van der Waals surface area contributed by atoms with Crippen LogP contribution in [0.1, 0.15) is 30.3 Å². The van der Waals surface area contributed by atoms with Crippen molar-refractivity contribution in [2.75, 3.05) is 25.0 Å². The van der Waals surface area contributed by atoms with E-state index >= 15 is 0 Å². The van der Waals surface area contributed by atoms with Crippen LogP contribution in [0.2, 0.25) is 0 Å². The molecule has 3 saturated heterocycles. The fourth-order valence-electron chi connectivity index (χ4n) is 4.74. The molecular formula is C24H26ClN3O3. The molecule has 0 aliphatic carbocycles. The first-order valence-electron chi connectivity index (χ1n) is 10.5. The third kappa shape index (κ3) is 4.31. The Morgan fingerprint density at radius 1 is 1.06 bits per heavy atom. The van der Waals surface area contributed by atoms with Gasteiger partial charge in [0.1, 0.15) is 5.58 Å². The Balaban J connectivity index is 0.00000231. The monoisotopic (exact) mass is 439 g/mol. The molecule has 0 radical (unpaired) electrons. The molecule has 3 aliphatic heterocycles. The van der Waals surface area contributed by atoms with Gasteiger partial charge in [-0.15, -0.1) is 12.4 Å². The Morgan fingerprint density at radius 2 is 1.84 bits per heavy atom. The standard InChI is InChI=1S/C24H25N3O3.ClH/c1-15(28)25-19-6-2-4-17(12-19)20-7-3-5-18-13-22(30-23(18)20)24(29)26-21-14-27-10-8-16(21)9-11-27;/h2-7,12-13,16,21H,8-11,14H2,1H3,(H,25,28)(H,26,29);1H/t21-;/m0./s1. The van der Waals surface area contributed by atoms with Gasteiger partial charge in [-0.05, 0) is 55.6 Å². The van der Waals surface area contributed by atoms with Crippen LogP contribution in [-0.2, 0) is 4.79 Å². The molecule has 162 valence electrons. The summed E-state index contributed by atoms with van der Waals surface area (Å²) in [6.07, 6.45) is 2.31. The Bertz CT molecular complexity index is 1120. The number of anilines is 1. The van der Waals surface area contributed by atoms with Crippen LogP contribution < -0.4 is 10.6 Å². The summed E-state index contributed by atoms with van der Waals surface area (Å²) in [5.41, 5.74) is 3.22. The van der Waals surface area contributed by atoms with Gasteiger partial charge in [0.25, 0.3) is 5.91 Å². The maximum Gasteiger partial charge on any atom is 0.287 e. The number of para-hydroxylation sites is 1. The number of nitrogens with one attached hydrogen (secondary N) is 2. The van der Waals surface area contributed by atoms with Gasteiger partial charge in [0.15, 0.2) is 5.76 Å². The average molecular weight is 440 g/mol. The van der Waals surface area contributed by atoms with E-state index in [-0.39, 0.29) is 30.3 Å². The minimum Gasteiger partial charge on any atom is -0.450 e. The minimum absolute atomic E-state index is 0. The molecule has 6 rings (SSSR count). The van der Waals surface area contributed by atoms with Crippen molar-refractivity contribution in [3.63, 3.8) is 0 Å². The van der Waals surface area contributed by atoms with E-state index in [0.29, 0.717) is 17.3 Å². The molecule has 6 nitrogen and oxygen atoms in total. The van der Waals surface area contributed by atoms with Crippen molar-refractivity contribution >= 4 is 40.9 Å². The number of amides is 2. The van der Waals surface area contributed by atoms with Crippen LogP contribution in [0.4, 0.5) is 5.69 Å². The van der Waals surface area contributed by atoms with Crippen molar-refractivity contribution < 1.29 is 14.0 Å². The number of benzene rings is 2. The number of fused-ring (bicyclic) bond motifs is 4. The van der Waals surface area contributed by atoms with Gasteiger partial charge < -0.3 is 20.0 Å². The van der Waals surface area contributed by atoms with Crippen molar-refractivity contribution in [1.29, 1.82) is 0 Å². The van der Waals surface area contributed by atoms with Crippen molar-refractivity contribution in [2.24, 2.45) is 5.92 Å². The van der Waals surface area contributed by atoms with Gasteiger partial charge in [-0.2, -0.15) is 0 Å². The zero-order valence-electron chi connectivity index (χ0n) is 17.4. The summed E-state index contributed by atoms with van der Waals surface area (Å²) in [4.78, 5) is 26.7. The summed E-state index contributed by atoms with van der Waals surface area (Å²) in [5.74, 6) is 0.639. The molecule has 2 bridgehead atoms. The van der Waals surface area contributed by atoms with E-state index in [1.807, 2.05) is 48.5 Å². The molecule has 31 heavy (non-hydrogen) atoms. The third-order valence-electron chi connectivity index (χ3n) is 6.23. The first-order chi connectivity index (χ1) is 14.6. The van der Waals surface area contributed by atoms with Crippen LogP contribution in [-0.4, -0.2) is 42.4 Å². The molecule has 7 heteroatoms. The highest BCUT2D eigenvalue weighted by molar-refractivity contribution is 6.00. The second-order valence-corrected chi connectivity index (χ2v) is 8.31. The molecule has 0 spiro atoms. The number of carbonyl (C=O) groups is 2. The van der Waals surface area contributed by atoms with Crippen LogP contribution >= 0.6 is 12.4 Å². The first kappa shape index (κ1) is 21.4. The number of hydrogen-bond acceptors (Lipinski definition) is 4. The summed E-state index contributed by atoms with van der Waals surface area (Å²) in [6, 6.07) is 15.5. The summed E-state index contributed by atoms with van der Waals surface area (Å²) in [7, 11) is 0. The lowest BCUT2D eigenvalue weighted by atomic mass is 9.84. The van der Waals surface area contributed by atoms with E-state index in [1.54, 1.807) is 0 Å². The lowest BCUT2D eigenvalue weighted by Gasteiger charge is -2.44. The number of carbonyl (C=O) groups excluding carboxylic acids is 2. The molecule has 2 amide bonds. The molecule has 3 fully saturated rings. The Kier molecular flexibility index (Phi) is 6.03. The molecule has 3 aromatic rings. The zero-order valence-corrected chi connectivity index (χ0v) is 18.2. The van der Waals surface area contributed by atoms with E-state index in [9.17, 15) is 9.59 Å². The van der Waals surface area contributed by atoms with Crippen LogP contribution in [0.25, 0.3) is 22.1 Å². The molecule has 4 heterocycles. The van der Waals surface area contributed by atoms with Crippen molar-refractivity contribution in [2.45, 2.75) is 25.8 Å². The van der Waals surface area contributed by atoms with E-state index in [4.69, 9.17) is 4.42 Å². The summed E-state index contributed by atoms with van der Waals surface area (Å²) in [6.45, 7) is 4.70. The van der Waals surface area contributed by atoms with Gasteiger partial charge in [0.2, 0.25) is 5.91 Å². The van der Waals surface area contributed by atoms with Gasteiger partial charge in [0.05, 0.1) is 0 Å². The smallest absolute Gasteiger partial charge is 0.287 e. The van der Waals surface area contributed by atoms with E-state index in [1.165, 1.54) is 6.92 Å². The van der Waals surface area contributed by atoms with Crippen molar-refractivity contribution in [3.05, 3.63) is 54.3 Å². The van der Waals surface area contributed by atoms with Gasteiger partial charge in [-0.1, -0.05) is 30.3 Å². The quantitative estimate of drug-likeness (QED) is 0.635. The molecule has 3 aliphatic rings. The molecule has 2 aromatic carbocycles. The highest BCUT2D eigenvalue weighted by atomic mass is 35.5. The van der Waals surface area contributed by atoms with E-state index in [2.05, 4.69) is 15.5 Å². The van der Waals surface area contributed by atoms with Gasteiger partial charge >= 0.3 is 0 Å². The largest absolute Gasteiger partial charge is 0.450 e. The average Bonchev–Trinajstić information content (AvgIpc) is 3.19. The lowest BCUT2D eigenvalue weighted by molar-refractivity contribution is -0.114. The maximum absolute atomic E-state index is 12.9. The topological polar surface area (TPSA) is 74.6 Å². The Hall–Kier alpha value is -2.83. The van der Waals surface area contributed by atoms with Gasteiger partial charge in [0, 0.05) is 36.1 Å². The summed E-state index contributed by atoms with van der Waals surface area (Å²) >= 11 is 0. The normalized spacial score (nSPS) is 22.0. The summed E-state index contributed by atoms with van der Waals surface area (Å²) in [5, 5.41) is 6.89. The summed E-state index contributed by atoms with van der Waals surface area (Å²) < 4.78 is 6.04. The third-order valence-corrected chi connectivity index (χ3v) is 6.23. The second kappa shape index (κ2) is 8.73. The van der Waals surface area contributed by atoms with Crippen LogP contribution in [0.3, 0.4) is 0 Å². The van der Waals surface area contributed by atoms with Crippen LogP contribution in [0.5, 0.6) is 0 Å². The molecule has 0 saturated carbocycles. The number of hydrogen-bond donors (Lipinski definition) is 2. The molecular weight excluding hydrogens is 414 g/mol. The first-order valence-corrected chi connectivity index (χ1v) is 10.5. The Labute approximate surface area is 187 Å². The highest BCUT2D eigenvalue weighted by Gasteiger charge is 2.35. The van der Waals surface area contributed by atoms with Gasteiger partial charge in [-0.25, -0.2) is 0 Å². The highest BCUT2D eigenvalue weighted by Crippen LogP contribution is 2.33. The molecule has 1 atom stereocenters. The number of rotatable bonds is 4. The van der Waals surface area contributed by atoms with Crippen LogP contribution in [0.15, 0.2) is 52.9 Å². The number of furan rings is 1. The van der Waals surface area contributed by atoms with Crippen molar-refractivity contribution in [3.8, 4) is 11.1 Å². The number of piperidine rings is 3. The minimum atomic E-state index is -0.150. The lowest BCUT2D eigenvalue weighted by Crippen LogP contribution is -2.57. The van der Waals surface area contributed by atoms with Gasteiger partial charge in [-0.3, -0.25) is 9.59 Å². The fraction of sp³-hybridized carbons (Fsp3) is 0.333. The molecule has 1 aromatic heterocycles. The number of nitrogens with zero attached hydrogens (tertiary/aromatic N) is 1. The molecule has 0 unspecified atom stereocenters. The maximum atomic E-state index is 12.9. The fourth-order valence-corrected chi connectivity index (χ4v) is 4.74. The SMILES string of the molecule is CC(=O)Nc1cccc(-c2cccc3cc(C(=O)N[C@H]4CN5CCC4CC5)oc23)c1.Cl. The van der Waals surface area contributed by atoms with E-state index in [0.717, 1.165) is 54.7 Å². The van der Waals surface area contributed by atoms with Crippen molar-refractivity contribution in [1.82, 2.24) is 10.2 Å². The predicted octanol–water partition coefficient (Wildman–Crippen LogP) is 4.30. The Morgan fingerprint density at radius 3 is 2.55 bits per heavy atom. The molecule has 2 N–H and O–H groups in total. The zero-order chi connectivity index (χ0) is 20.7. The van der Waals surface area contributed by atoms with Crippen LogP contribution in [0, 0.1) is 5.92 Å². The second-order valence-electron chi connectivity index (χ2n) is 8.31. The van der Waals surface area contributed by atoms with E-state index < -0.39 is 0 Å². The predicted molar refractivity (Wildman–Crippen MR) is 124 cm³/mol. The number of halogens is 1.